The molecule has 25 heavy (non-hydrogen) atoms. The Kier molecular flexibility index (Phi) is 4.08. The minimum atomic E-state index is -0.0954. The Morgan fingerprint density at radius 2 is 2.32 bits per heavy atom. The molecule has 0 fully saturated rings. The second-order valence-electron chi connectivity index (χ2n) is 5.91. The van der Waals surface area contributed by atoms with Crippen LogP contribution < -0.4 is 4.74 Å². The number of rotatable bonds is 4. The number of ether oxygens (including phenoxy) is 1. The van der Waals surface area contributed by atoms with Gasteiger partial charge in [-0.3, -0.25) is 5.10 Å². The van der Waals surface area contributed by atoms with Gasteiger partial charge in [0.1, 0.15) is 11.8 Å². The van der Waals surface area contributed by atoms with Gasteiger partial charge in [-0.25, -0.2) is 0 Å². The lowest BCUT2D eigenvalue weighted by molar-refractivity contribution is 0.265. The molecule has 0 radical (unpaired) electrons. The van der Waals surface area contributed by atoms with Gasteiger partial charge >= 0.3 is 0 Å². The number of nitrogens with zero attached hydrogens (tertiary/aromatic N) is 3. The number of hydrogen-bond donors (Lipinski definition) is 2. The second-order valence-corrected chi connectivity index (χ2v) is 6.69. The summed E-state index contributed by atoms with van der Waals surface area (Å²) in [4.78, 5) is 0. The minimum Gasteiger partial charge on any atom is -0.478 e. The lowest BCUT2D eigenvalue weighted by Crippen LogP contribution is -2.01. The fourth-order valence-electron chi connectivity index (χ4n) is 3.63. The molecule has 3 aromatic rings. The van der Waals surface area contributed by atoms with Crippen LogP contribution in [0.2, 0.25) is 10.0 Å². The van der Waals surface area contributed by atoms with Crippen LogP contribution in [0.1, 0.15) is 18.0 Å². The molecule has 128 valence electrons. The third-order valence-electron chi connectivity index (χ3n) is 4.61. The molecule has 0 spiro atoms. The summed E-state index contributed by atoms with van der Waals surface area (Å²) in [5.41, 5.74) is 3.54. The number of aliphatic hydroxyl groups excluding tert-OH is 1. The van der Waals surface area contributed by atoms with Crippen molar-refractivity contribution in [2.75, 3.05) is 13.2 Å². The molecule has 8 heteroatoms. The normalized spacial score (nSPS) is 16.2. The van der Waals surface area contributed by atoms with Crippen LogP contribution in [0, 0.1) is 11.3 Å². The highest BCUT2D eigenvalue weighted by atomic mass is 35.5. The molecule has 1 aliphatic heterocycles. The predicted molar refractivity (Wildman–Crippen MR) is 95.1 cm³/mol. The maximum atomic E-state index is 9.82. The first-order chi connectivity index (χ1) is 12.2. The highest BCUT2D eigenvalue weighted by Crippen LogP contribution is 2.50. The number of benzene rings is 1. The average Bonchev–Trinajstić information content (AvgIpc) is 3.31. The molecule has 3 heterocycles. The molecule has 1 unspecified atom stereocenters. The molecule has 4 rings (SSSR count). The highest BCUT2D eigenvalue weighted by molar-refractivity contribution is 6.45. The van der Waals surface area contributed by atoms with E-state index in [2.05, 4.69) is 14.8 Å². The smallest absolute Gasteiger partial charge is 0.174 e. The van der Waals surface area contributed by atoms with E-state index in [-0.39, 0.29) is 19.1 Å². The molecule has 1 aromatic carbocycles. The molecule has 1 aliphatic rings. The Labute approximate surface area is 153 Å². The number of fused-ring (bicyclic) bond motifs is 3. The Morgan fingerprint density at radius 3 is 3.00 bits per heavy atom. The first-order valence-corrected chi connectivity index (χ1v) is 8.56. The summed E-state index contributed by atoms with van der Waals surface area (Å²) in [6.45, 7) is 0.676. The molecule has 0 saturated heterocycles. The number of aryl methyl sites for hydroxylation is 1. The van der Waals surface area contributed by atoms with Gasteiger partial charge in [-0.2, -0.15) is 10.4 Å². The van der Waals surface area contributed by atoms with Gasteiger partial charge in [0.25, 0.3) is 0 Å². The number of H-pyrrole nitrogens is 1. The van der Waals surface area contributed by atoms with E-state index in [0.717, 1.165) is 40.7 Å². The summed E-state index contributed by atoms with van der Waals surface area (Å²) in [5, 5.41) is 27.2. The SMILES string of the molecule is N#CCOc1cc(Cl)c(Cl)c2c1c(-c1cn[nH]c1)c1n2CCC1CO. The number of aromatic amines is 1. The van der Waals surface area contributed by atoms with Crippen LogP contribution in [-0.2, 0) is 6.54 Å². The predicted octanol–water partition coefficient (Wildman–Crippen LogP) is 3.72. The standard InChI is InChI=1S/C17H14Cl2N4O2/c18-11-5-12(25-4-2-20)14-13(10-6-21-22-7-10)16-9(8-24)1-3-23(16)17(14)15(11)19/h5-7,9,24H,1,3-4,8H2,(H,21,22). The number of halogens is 2. The third-order valence-corrected chi connectivity index (χ3v) is 5.39. The van der Waals surface area contributed by atoms with Crippen molar-refractivity contribution in [1.82, 2.24) is 14.8 Å². The van der Waals surface area contributed by atoms with E-state index < -0.39 is 0 Å². The molecular formula is C17H14Cl2N4O2. The van der Waals surface area contributed by atoms with Gasteiger partial charge in [0.05, 0.1) is 33.8 Å². The van der Waals surface area contributed by atoms with Crippen molar-refractivity contribution in [2.45, 2.75) is 18.9 Å². The van der Waals surface area contributed by atoms with Crippen molar-refractivity contribution in [1.29, 1.82) is 5.26 Å². The van der Waals surface area contributed by atoms with Crippen molar-refractivity contribution in [2.24, 2.45) is 0 Å². The molecule has 2 N–H and O–H groups in total. The summed E-state index contributed by atoms with van der Waals surface area (Å²) in [6, 6.07) is 3.61. The average molecular weight is 377 g/mol. The first-order valence-electron chi connectivity index (χ1n) is 7.81. The minimum absolute atomic E-state index is 0.00374. The van der Waals surface area contributed by atoms with Crippen molar-refractivity contribution >= 4 is 34.1 Å². The third kappa shape index (κ3) is 2.39. The van der Waals surface area contributed by atoms with Crippen LogP contribution in [0.25, 0.3) is 22.0 Å². The topological polar surface area (TPSA) is 86.9 Å². The Morgan fingerprint density at radius 1 is 1.48 bits per heavy atom. The summed E-state index contributed by atoms with van der Waals surface area (Å²) in [6.07, 6.45) is 4.34. The van der Waals surface area contributed by atoms with Crippen LogP contribution in [0.5, 0.6) is 5.75 Å². The molecule has 6 nitrogen and oxygen atoms in total. The molecule has 1 atom stereocenters. The van der Waals surface area contributed by atoms with Crippen LogP contribution >= 0.6 is 23.2 Å². The summed E-state index contributed by atoms with van der Waals surface area (Å²) in [7, 11) is 0. The van der Waals surface area contributed by atoms with Gasteiger partial charge < -0.3 is 14.4 Å². The monoisotopic (exact) mass is 376 g/mol. The summed E-state index contributed by atoms with van der Waals surface area (Å²) in [5.74, 6) is 0.497. The zero-order chi connectivity index (χ0) is 17.6. The molecular weight excluding hydrogens is 363 g/mol. The lowest BCUT2D eigenvalue weighted by Gasteiger charge is -2.11. The number of hydrogen-bond acceptors (Lipinski definition) is 4. The largest absolute Gasteiger partial charge is 0.478 e. The molecule has 0 amide bonds. The Balaban J connectivity index is 2.13. The number of nitriles is 1. The fraction of sp³-hybridized carbons (Fsp3) is 0.294. The van der Waals surface area contributed by atoms with E-state index in [1.807, 2.05) is 6.07 Å². The maximum Gasteiger partial charge on any atom is 0.174 e. The molecule has 0 aliphatic carbocycles. The van der Waals surface area contributed by atoms with E-state index >= 15 is 0 Å². The van der Waals surface area contributed by atoms with Gasteiger partial charge in [0.2, 0.25) is 0 Å². The maximum absolute atomic E-state index is 9.82. The molecule has 0 bridgehead atoms. The zero-order valence-electron chi connectivity index (χ0n) is 13.1. The number of aliphatic hydroxyl groups is 1. The van der Waals surface area contributed by atoms with Crippen LogP contribution in [0.3, 0.4) is 0 Å². The van der Waals surface area contributed by atoms with Gasteiger partial charge in [0, 0.05) is 41.5 Å². The fourth-order valence-corrected chi connectivity index (χ4v) is 4.07. The quantitative estimate of drug-likeness (QED) is 0.726. The molecule has 0 saturated carbocycles. The Hall–Kier alpha value is -2.20. The highest BCUT2D eigenvalue weighted by Gasteiger charge is 2.33. The number of nitrogens with one attached hydrogen (secondary N) is 1. The van der Waals surface area contributed by atoms with E-state index in [0.29, 0.717) is 15.8 Å². The van der Waals surface area contributed by atoms with E-state index in [1.165, 1.54) is 0 Å². The van der Waals surface area contributed by atoms with E-state index in [9.17, 15) is 5.11 Å². The van der Waals surface area contributed by atoms with Gasteiger partial charge in [0.15, 0.2) is 6.61 Å². The van der Waals surface area contributed by atoms with Gasteiger partial charge in [-0.1, -0.05) is 23.2 Å². The second kappa shape index (κ2) is 6.26. The van der Waals surface area contributed by atoms with Crippen molar-refractivity contribution < 1.29 is 9.84 Å². The van der Waals surface area contributed by atoms with Crippen molar-refractivity contribution in [3.8, 4) is 22.9 Å². The Bertz CT molecular complexity index is 989. The van der Waals surface area contributed by atoms with E-state index in [4.69, 9.17) is 33.2 Å². The van der Waals surface area contributed by atoms with Crippen LogP contribution in [0.4, 0.5) is 0 Å². The van der Waals surface area contributed by atoms with Crippen LogP contribution in [-0.4, -0.2) is 33.1 Å². The van der Waals surface area contributed by atoms with Crippen molar-refractivity contribution in [3.05, 3.63) is 34.2 Å². The lowest BCUT2D eigenvalue weighted by atomic mass is 9.96. The van der Waals surface area contributed by atoms with Gasteiger partial charge in [-0.05, 0) is 6.42 Å². The van der Waals surface area contributed by atoms with Crippen LogP contribution in [0.15, 0.2) is 18.5 Å². The van der Waals surface area contributed by atoms with E-state index in [1.54, 1.807) is 18.5 Å². The number of aromatic nitrogens is 3. The zero-order valence-corrected chi connectivity index (χ0v) is 14.6. The van der Waals surface area contributed by atoms with Crippen molar-refractivity contribution in [3.63, 3.8) is 0 Å². The summed E-state index contributed by atoms with van der Waals surface area (Å²) >= 11 is 12.8. The van der Waals surface area contributed by atoms with Gasteiger partial charge in [-0.15, -0.1) is 0 Å². The molecule has 2 aromatic heterocycles. The first kappa shape index (κ1) is 16.3. The summed E-state index contributed by atoms with van der Waals surface area (Å²) < 4.78 is 7.73.